The maximum atomic E-state index is 5.08. The summed E-state index contributed by atoms with van der Waals surface area (Å²) < 4.78 is 0. The molecule has 3 aliphatic heterocycles. The fourth-order valence-electron chi connectivity index (χ4n) is 9.32. The van der Waals surface area contributed by atoms with Gasteiger partial charge in [-0.2, -0.15) is 0 Å². The molecule has 1 aromatic heterocycles. The zero-order valence-electron chi connectivity index (χ0n) is 31.9. The second kappa shape index (κ2) is 16.5. The average molecular weight is 784 g/mol. The van der Waals surface area contributed by atoms with Crippen molar-refractivity contribution in [1.29, 1.82) is 0 Å². The number of thiophene rings is 1. The third-order valence-electron chi connectivity index (χ3n) is 12.5. The Morgan fingerprint density at radius 3 is 2.18 bits per heavy atom. The number of benzene rings is 2. The first-order valence-electron chi connectivity index (χ1n) is 18.2. The van der Waals surface area contributed by atoms with Crippen molar-refractivity contribution in [2.24, 2.45) is 17.8 Å². The molecule has 0 radical (unpaired) electrons. The molecule has 8 atom stereocenters. The van der Waals surface area contributed by atoms with E-state index in [2.05, 4.69) is 123 Å². The third kappa shape index (κ3) is 7.22. The standard InChI is InChI=1S/C21H28NS.C21H25NS.CH3.2ClH.Ti/c2*1-11-9-10-16-7-6-8-17(20(16)22-11)19-13(3)12(2)18-14(4)15(5)23-21(18)19;;;;/h6-8,11-13,18-19,21H,9-10H2,1-5H3;6-8,11-12,22H,9-10H2,1-5H3;1H3;2*1H;/q-1;;-1;;;+2/p-2. The van der Waals surface area contributed by atoms with Crippen molar-refractivity contribution in [3.8, 4) is 0 Å². The molecule has 0 bridgehead atoms. The van der Waals surface area contributed by atoms with Gasteiger partial charge in [0.2, 0.25) is 0 Å². The molecule has 2 aromatic carbocycles. The predicted molar refractivity (Wildman–Crippen MR) is 221 cm³/mol. The molecule has 1 N–H and O–H groups in total. The van der Waals surface area contributed by atoms with Gasteiger partial charge >= 0.3 is 35.6 Å². The van der Waals surface area contributed by atoms with Crippen LogP contribution in [-0.4, -0.2) is 17.3 Å². The topological polar surface area (TPSA) is 26.1 Å². The first-order valence-corrected chi connectivity index (χ1v) is 24.2. The van der Waals surface area contributed by atoms with Crippen LogP contribution in [0.1, 0.15) is 123 Å². The number of allylic oxidation sites excluding steroid dienone is 3. The zero-order valence-corrected chi connectivity index (χ0v) is 36.6. The summed E-state index contributed by atoms with van der Waals surface area (Å²) in [5, 5.41) is 9.56. The van der Waals surface area contributed by atoms with Crippen LogP contribution in [0.2, 0.25) is 0 Å². The summed E-state index contributed by atoms with van der Waals surface area (Å²) in [7, 11) is 9.78. The van der Waals surface area contributed by atoms with Crippen molar-refractivity contribution >= 4 is 58.7 Å². The van der Waals surface area contributed by atoms with E-state index in [1.54, 1.807) is 16.0 Å². The molecule has 8 unspecified atom stereocenters. The van der Waals surface area contributed by atoms with Crippen LogP contribution in [-0.2, 0) is 29.9 Å². The second-order valence-corrected chi connectivity index (χ2v) is 20.5. The van der Waals surface area contributed by atoms with Crippen molar-refractivity contribution in [2.75, 3.05) is 5.32 Å². The van der Waals surface area contributed by atoms with Gasteiger partial charge in [0, 0.05) is 43.8 Å². The summed E-state index contributed by atoms with van der Waals surface area (Å²) in [6, 6.07) is 14.8. The molecule has 3 aromatic rings. The fourth-order valence-corrected chi connectivity index (χ4v) is 12.6. The van der Waals surface area contributed by atoms with E-state index in [-0.39, 0.29) is 7.43 Å². The SMILES string of the molecule is CC1=C(C)C2C(C)C(C)C(c3cccc4c3[N-]C(C)CC4)C2S1.CC1=C(c2cccc3c2NC(C)CC3)c2sc(C)c(C)c2C1C.[CH3-].[Cl][Ti][Cl]. The normalized spacial score (nSPS) is 28.8. The molecule has 0 amide bonds. The number of fused-ring (bicyclic) bond motifs is 4. The van der Waals surface area contributed by atoms with Crippen LogP contribution >= 0.6 is 41.7 Å². The van der Waals surface area contributed by atoms with Gasteiger partial charge in [-0.05, 0) is 106 Å². The maximum absolute atomic E-state index is 5.08. The summed E-state index contributed by atoms with van der Waals surface area (Å²) in [6.45, 7) is 23.4. The molecule has 4 heterocycles. The van der Waals surface area contributed by atoms with Crippen molar-refractivity contribution in [3.63, 3.8) is 0 Å². The number of aryl methyl sites for hydroxylation is 3. The predicted octanol–water partition coefficient (Wildman–Crippen LogP) is 14.3. The second-order valence-electron chi connectivity index (χ2n) is 15.3. The molecule has 2 nitrogen and oxygen atoms in total. The Morgan fingerprint density at radius 1 is 0.820 bits per heavy atom. The molecule has 0 saturated heterocycles. The van der Waals surface area contributed by atoms with E-state index in [0.29, 0.717) is 23.9 Å². The summed E-state index contributed by atoms with van der Waals surface area (Å²) in [4.78, 5) is 4.55. The van der Waals surface area contributed by atoms with Crippen molar-refractivity contribution in [3.05, 3.63) is 108 Å². The van der Waals surface area contributed by atoms with Crippen molar-refractivity contribution in [1.82, 2.24) is 0 Å². The first-order chi connectivity index (χ1) is 23.4. The van der Waals surface area contributed by atoms with E-state index in [9.17, 15) is 0 Å². The Kier molecular flexibility index (Phi) is 13.2. The van der Waals surface area contributed by atoms with E-state index in [1.807, 2.05) is 11.3 Å². The Morgan fingerprint density at radius 2 is 1.46 bits per heavy atom. The molecule has 270 valence electrons. The van der Waals surface area contributed by atoms with Crippen LogP contribution in [0.25, 0.3) is 10.9 Å². The molecular weight excluding hydrogens is 727 g/mol. The number of thioether (sulfide) groups is 1. The van der Waals surface area contributed by atoms with Gasteiger partial charge in [0.25, 0.3) is 0 Å². The minimum absolute atomic E-state index is 0. The summed E-state index contributed by atoms with van der Waals surface area (Å²) >= 11 is 3.57. The van der Waals surface area contributed by atoms with Gasteiger partial charge in [-0.3, -0.25) is 0 Å². The monoisotopic (exact) mass is 782 g/mol. The number of para-hydroxylation sites is 2. The number of hydrogen-bond acceptors (Lipinski definition) is 3. The van der Waals surface area contributed by atoms with E-state index < -0.39 is 17.0 Å². The van der Waals surface area contributed by atoms with E-state index >= 15 is 0 Å². The quantitative estimate of drug-likeness (QED) is 0.207. The Labute approximate surface area is 328 Å². The third-order valence-corrected chi connectivity index (χ3v) is 15.3. The van der Waals surface area contributed by atoms with Gasteiger partial charge in [-0.1, -0.05) is 92.8 Å². The Balaban J connectivity index is 0.000000177. The van der Waals surface area contributed by atoms with Gasteiger partial charge in [0.15, 0.2) is 0 Å². The molecule has 50 heavy (non-hydrogen) atoms. The summed E-state index contributed by atoms with van der Waals surface area (Å²) in [5.41, 5.74) is 16.4. The van der Waals surface area contributed by atoms with E-state index in [0.717, 1.165) is 23.0 Å². The first kappa shape index (κ1) is 40.1. The van der Waals surface area contributed by atoms with Gasteiger partial charge < -0.3 is 18.1 Å². The van der Waals surface area contributed by atoms with E-state index in [4.69, 9.17) is 23.9 Å². The zero-order chi connectivity index (χ0) is 35.3. The fraction of sp³-hybridized carbons (Fsp3) is 0.512. The molecule has 0 spiro atoms. The van der Waals surface area contributed by atoms with Crippen LogP contribution in [0.4, 0.5) is 11.4 Å². The number of anilines is 1. The number of nitrogens with zero attached hydrogens (tertiary/aromatic N) is 1. The number of halogens is 2. The molecule has 2 aliphatic carbocycles. The van der Waals surface area contributed by atoms with Crippen molar-refractivity contribution < 1.29 is 17.0 Å². The van der Waals surface area contributed by atoms with Crippen LogP contribution in [0.15, 0.2) is 52.4 Å². The molecule has 1 fully saturated rings. The summed E-state index contributed by atoms with van der Waals surface area (Å²) in [5.74, 6) is 3.46. The van der Waals surface area contributed by atoms with Gasteiger partial charge in [0.1, 0.15) is 0 Å². The van der Waals surface area contributed by atoms with E-state index in [1.165, 1.54) is 85.8 Å². The van der Waals surface area contributed by atoms with Crippen LogP contribution < -0.4 is 5.32 Å². The number of hydrogen-bond donors (Lipinski definition) is 1. The van der Waals surface area contributed by atoms with Crippen LogP contribution in [0.3, 0.4) is 0 Å². The molecule has 8 rings (SSSR count). The van der Waals surface area contributed by atoms with Gasteiger partial charge in [-0.25, -0.2) is 0 Å². The number of nitrogens with one attached hydrogen (secondary N) is 1. The average Bonchev–Trinajstić information content (AvgIpc) is 3.70. The summed E-state index contributed by atoms with van der Waals surface area (Å²) in [6.07, 6.45) is 4.82. The van der Waals surface area contributed by atoms with Crippen LogP contribution in [0.5, 0.6) is 0 Å². The van der Waals surface area contributed by atoms with Crippen LogP contribution in [0, 0.1) is 39.0 Å². The number of rotatable bonds is 2. The minimum atomic E-state index is -0.556. The molecule has 1 saturated carbocycles. The molecule has 5 aliphatic rings. The van der Waals surface area contributed by atoms with Gasteiger partial charge in [-0.15, -0.1) is 34.8 Å². The molecular formula is C43H56Cl2N2S2Ti-2. The Bertz CT molecular complexity index is 1780. The van der Waals surface area contributed by atoms with Crippen molar-refractivity contribution in [2.45, 2.75) is 124 Å². The van der Waals surface area contributed by atoms with Gasteiger partial charge in [0.05, 0.1) is 0 Å². The Hall–Kier alpha value is -1.14. The molecule has 7 heteroatoms.